The van der Waals surface area contributed by atoms with Crippen molar-refractivity contribution in [1.82, 2.24) is 30.4 Å². The summed E-state index contributed by atoms with van der Waals surface area (Å²) >= 11 is 0. The Kier molecular flexibility index (Phi) is 10.2. The van der Waals surface area contributed by atoms with Crippen molar-refractivity contribution in [1.29, 1.82) is 0 Å². The molecular weight excluding hydrogens is 512 g/mol. The lowest BCUT2D eigenvalue weighted by molar-refractivity contribution is 0.145. The van der Waals surface area contributed by atoms with Crippen molar-refractivity contribution < 1.29 is 9.13 Å². The smallest absolute Gasteiger partial charge is 0.191 e. The first kappa shape index (κ1) is 25.1. The second-order valence-electron chi connectivity index (χ2n) is 7.05. The number of fused-ring (bicyclic) bond motifs is 1. The monoisotopic (exact) mass is 543 g/mol. The van der Waals surface area contributed by atoms with E-state index < -0.39 is 0 Å². The van der Waals surface area contributed by atoms with Gasteiger partial charge >= 0.3 is 0 Å². The Bertz CT molecular complexity index is 985. The zero-order valence-corrected chi connectivity index (χ0v) is 20.6. The first-order valence-corrected chi connectivity index (χ1v) is 10.3. The van der Waals surface area contributed by atoms with Gasteiger partial charge in [-0.05, 0) is 50.5 Å². The van der Waals surface area contributed by atoms with E-state index in [1.54, 1.807) is 12.1 Å². The van der Waals surface area contributed by atoms with Gasteiger partial charge in [-0.15, -0.1) is 34.2 Å². The van der Waals surface area contributed by atoms with Gasteiger partial charge in [0.25, 0.3) is 0 Å². The van der Waals surface area contributed by atoms with E-state index in [1.807, 2.05) is 31.7 Å². The maximum Gasteiger partial charge on any atom is 0.191 e. The highest BCUT2D eigenvalue weighted by Crippen LogP contribution is 2.19. The van der Waals surface area contributed by atoms with Crippen molar-refractivity contribution in [3.05, 3.63) is 47.4 Å². The molecule has 1 aromatic carbocycles. The molecule has 0 saturated heterocycles. The normalized spacial score (nSPS) is 11.5. The number of rotatable bonds is 10. The van der Waals surface area contributed by atoms with Gasteiger partial charge in [0.2, 0.25) is 0 Å². The Morgan fingerprint density at radius 3 is 2.81 bits per heavy atom. The number of hydrogen-bond acceptors (Lipinski definition) is 4. The first-order valence-electron chi connectivity index (χ1n) is 10.3. The van der Waals surface area contributed by atoms with E-state index in [4.69, 9.17) is 4.74 Å². The predicted octanol–water partition coefficient (Wildman–Crippen LogP) is 3.07. The molecular formula is C21H31FIN7O. The third kappa shape index (κ3) is 7.17. The molecule has 0 unspecified atom stereocenters. The van der Waals surface area contributed by atoms with Crippen LogP contribution in [0, 0.1) is 12.7 Å². The lowest BCUT2D eigenvalue weighted by Gasteiger charge is -2.12. The van der Waals surface area contributed by atoms with Crippen molar-refractivity contribution >= 4 is 40.8 Å². The van der Waals surface area contributed by atoms with Crippen molar-refractivity contribution in [2.24, 2.45) is 12.0 Å². The number of nitrogens with zero attached hydrogens (tertiary/aromatic N) is 4. The van der Waals surface area contributed by atoms with Crippen LogP contribution in [0.15, 0.2) is 29.4 Å². The van der Waals surface area contributed by atoms with E-state index in [2.05, 4.69) is 30.8 Å². The third-order valence-corrected chi connectivity index (χ3v) is 4.94. The molecule has 2 heterocycles. The SMILES string of the molecule is CCOCCCNC(=NCc1nnc(C)n1C)NCCc1c[nH]c2ccc(F)cc12.I. The summed E-state index contributed by atoms with van der Waals surface area (Å²) in [5.41, 5.74) is 2.00. The Hall–Kier alpha value is -2.21. The van der Waals surface area contributed by atoms with Gasteiger partial charge in [-0.3, -0.25) is 0 Å². The molecule has 0 saturated carbocycles. The number of ether oxygens (including phenoxy) is 1. The number of aliphatic imine (C=N–C) groups is 1. The molecule has 0 aliphatic rings. The second-order valence-corrected chi connectivity index (χ2v) is 7.05. The van der Waals surface area contributed by atoms with E-state index in [0.29, 0.717) is 25.7 Å². The largest absolute Gasteiger partial charge is 0.382 e. The van der Waals surface area contributed by atoms with Crippen LogP contribution in [0.1, 0.15) is 30.6 Å². The summed E-state index contributed by atoms with van der Waals surface area (Å²) in [4.78, 5) is 7.83. The molecule has 0 aliphatic carbocycles. The number of nitrogens with one attached hydrogen (secondary N) is 3. The molecule has 0 spiro atoms. The van der Waals surface area contributed by atoms with E-state index in [1.165, 1.54) is 6.07 Å². The molecule has 2 aromatic heterocycles. The number of benzene rings is 1. The van der Waals surface area contributed by atoms with Crippen LogP contribution in [-0.2, 0) is 24.8 Å². The van der Waals surface area contributed by atoms with E-state index in [9.17, 15) is 4.39 Å². The van der Waals surface area contributed by atoms with Gasteiger partial charge in [0.1, 0.15) is 18.2 Å². The highest BCUT2D eigenvalue weighted by Gasteiger charge is 2.07. The van der Waals surface area contributed by atoms with Gasteiger partial charge in [-0.1, -0.05) is 0 Å². The number of halogens is 2. The number of aromatic nitrogens is 4. The minimum atomic E-state index is -0.228. The van der Waals surface area contributed by atoms with Gasteiger partial charge in [-0.2, -0.15) is 0 Å². The summed E-state index contributed by atoms with van der Waals surface area (Å²) in [5, 5.41) is 15.8. The fraction of sp³-hybridized carbons (Fsp3) is 0.476. The maximum atomic E-state index is 13.6. The summed E-state index contributed by atoms with van der Waals surface area (Å²) < 4.78 is 20.9. The van der Waals surface area contributed by atoms with Crippen molar-refractivity contribution in [3.63, 3.8) is 0 Å². The van der Waals surface area contributed by atoms with Crippen LogP contribution < -0.4 is 10.6 Å². The average Bonchev–Trinajstić information content (AvgIpc) is 3.28. The van der Waals surface area contributed by atoms with Crippen molar-refractivity contribution in [2.45, 2.75) is 33.2 Å². The molecule has 0 fully saturated rings. The summed E-state index contributed by atoms with van der Waals surface area (Å²) in [5.74, 6) is 2.13. The molecule has 8 nitrogen and oxygen atoms in total. The number of H-pyrrole nitrogens is 1. The molecule has 10 heteroatoms. The highest BCUT2D eigenvalue weighted by molar-refractivity contribution is 14.0. The van der Waals surface area contributed by atoms with Crippen LogP contribution in [0.4, 0.5) is 4.39 Å². The van der Waals surface area contributed by atoms with Crippen molar-refractivity contribution in [3.8, 4) is 0 Å². The molecule has 0 aliphatic heterocycles. The summed E-state index contributed by atoms with van der Waals surface area (Å²) in [6.45, 7) is 7.17. The van der Waals surface area contributed by atoms with Gasteiger partial charge in [0, 0.05) is 50.5 Å². The number of aryl methyl sites for hydroxylation is 1. The van der Waals surface area contributed by atoms with Gasteiger partial charge < -0.3 is 24.9 Å². The molecule has 0 amide bonds. The molecule has 0 atom stereocenters. The number of hydrogen-bond donors (Lipinski definition) is 3. The van der Waals surface area contributed by atoms with Crippen LogP contribution >= 0.6 is 24.0 Å². The zero-order chi connectivity index (χ0) is 21.3. The Morgan fingerprint density at radius 2 is 2.06 bits per heavy atom. The van der Waals surface area contributed by atoms with E-state index >= 15 is 0 Å². The molecule has 0 radical (unpaired) electrons. The highest BCUT2D eigenvalue weighted by atomic mass is 127. The first-order chi connectivity index (χ1) is 14.6. The van der Waals surface area contributed by atoms with Gasteiger partial charge in [0.05, 0.1) is 0 Å². The second kappa shape index (κ2) is 12.6. The minimum absolute atomic E-state index is 0. The van der Waals surface area contributed by atoms with Crippen LogP contribution in [0.3, 0.4) is 0 Å². The fourth-order valence-electron chi connectivity index (χ4n) is 3.11. The summed E-state index contributed by atoms with van der Waals surface area (Å²) in [6, 6.07) is 4.79. The van der Waals surface area contributed by atoms with Crippen molar-refractivity contribution in [2.75, 3.05) is 26.3 Å². The van der Waals surface area contributed by atoms with Gasteiger partial charge in [0.15, 0.2) is 11.8 Å². The van der Waals surface area contributed by atoms with Crippen LogP contribution in [-0.4, -0.2) is 52.0 Å². The topological polar surface area (TPSA) is 92.2 Å². The quantitative estimate of drug-likeness (QED) is 0.158. The Balaban J connectivity index is 0.00000341. The molecule has 3 N–H and O–H groups in total. The number of aromatic amines is 1. The summed E-state index contributed by atoms with van der Waals surface area (Å²) in [6.07, 6.45) is 3.56. The van der Waals surface area contributed by atoms with Gasteiger partial charge in [-0.25, -0.2) is 9.38 Å². The molecule has 3 aromatic rings. The standard InChI is InChI=1S/C21H30FN7O.HI/c1-4-30-11-5-9-23-21(26-14-20-28-27-15(2)29(20)3)24-10-8-16-13-25-19-7-6-17(22)12-18(16)19;/h6-7,12-13,25H,4-5,8-11,14H2,1-3H3,(H2,23,24,26);1H. The minimum Gasteiger partial charge on any atom is -0.382 e. The molecule has 170 valence electrons. The lowest BCUT2D eigenvalue weighted by atomic mass is 10.1. The van der Waals surface area contributed by atoms with Crippen LogP contribution in [0.2, 0.25) is 0 Å². The van der Waals surface area contributed by atoms with Crippen LogP contribution in [0.25, 0.3) is 10.9 Å². The van der Waals surface area contributed by atoms with Crippen LogP contribution in [0.5, 0.6) is 0 Å². The molecule has 31 heavy (non-hydrogen) atoms. The van der Waals surface area contributed by atoms with E-state index in [0.717, 1.165) is 54.1 Å². The van der Waals surface area contributed by atoms with E-state index in [-0.39, 0.29) is 29.8 Å². The predicted molar refractivity (Wildman–Crippen MR) is 131 cm³/mol. The fourth-order valence-corrected chi connectivity index (χ4v) is 3.11. The molecule has 3 rings (SSSR count). The lowest BCUT2D eigenvalue weighted by Crippen LogP contribution is -2.39. The summed E-state index contributed by atoms with van der Waals surface area (Å²) in [7, 11) is 1.93. The Morgan fingerprint density at radius 1 is 1.26 bits per heavy atom. The Labute approximate surface area is 199 Å². The average molecular weight is 543 g/mol. The maximum absolute atomic E-state index is 13.6. The number of guanidine groups is 1. The third-order valence-electron chi connectivity index (χ3n) is 4.94. The zero-order valence-electron chi connectivity index (χ0n) is 18.2. The molecule has 0 bridgehead atoms.